The second-order valence-corrected chi connectivity index (χ2v) is 40.8. The number of ether oxygens (including phenoxy) is 14. The van der Waals surface area contributed by atoms with Gasteiger partial charge in [-0.15, -0.1) is 0 Å². The van der Waals surface area contributed by atoms with E-state index in [0.29, 0.717) is 38.5 Å². The molecule has 0 aromatic carbocycles. The van der Waals surface area contributed by atoms with Crippen LogP contribution in [0.2, 0.25) is 0 Å². The van der Waals surface area contributed by atoms with Crippen LogP contribution in [-0.4, -0.2) is 286 Å². The number of rotatable bonds is 18. The van der Waals surface area contributed by atoms with E-state index in [1.807, 2.05) is 108 Å². The molecule has 37 atom stereocenters. The largest absolute Gasteiger partial charge is 1.00 e. The van der Waals surface area contributed by atoms with Crippen LogP contribution >= 0.6 is 0 Å². The Labute approximate surface area is 818 Å². The molecule has 2 amide bonds. The fourth-order valence-electron chi connectivity index (χ4n) is 21.1. The van der Waals surface area contributed by atoms with Gasteiger partial charge in [0.25, 0.3) is 0 Å². The summed E-state index contributed by atoms with van der Waals surface area (Å²) < 4.78 is 86.8. The Morgan fingerprint density at radius 3 is 1.14 bits per heavy atom. The van der Waals surface area contributed by atoms with E-state index in [9.17, 15) is 43.5 Å². The first-order chi connectivity index (χ1) is 61.5. The van der Waals surface area contributed by atoms with Gasteiger partial charge >= 0.3 is 59.7 Å². The molecule has 132 heavy (non-hydrogen) atoms. The number of aliphatic hydroxyl groups excluding tert-OH is 1. The normalized spacial score (nSPS) is 41.1. The van der Waals surface area contributed by atoms with Crippen LogP contribution in [0, 0.1) is 107 Å². The van der Waals surface area contributed by atoms with Crippen LogP contribution in [0.5, 0.6) is 0 Å². The first-order valence-electron chi connectivity index (χ1n) is 49.0. The second kappa shape index (κ2) is 57.0. The molecule has 4 fully saturated rings. The smallest absolute Gasteiger partial charge is 1.00 e. The number of carbonyl (C=O) groups excluding carboxylic acids is 8. The van der Waals surface area contributed by atoms with E-state index < -0.39 is 49.4 Å². The Balaban J connectivity index is 0.000000511. The molecule has 4 saturated heterocycles. The number of hydrogen-bond donors (Lipinski definition) is 2. The van der Waals surface area contributed by atoms with Crippen LogP contribution in [0.25, 0.3) is 0 Å². The van der Waals surface area contributed by atoms with Crippen molar-refractivity contribution in [3.05, 3.63) is 59.3 Å². The standard InChI is InChI=1S/2C35H60N2O8.C33H57NO7.Na.H/c1-13-28-26-18-42-35(40)37(11)30(26)19(2)14-15-27(38)21(4)16-22(5)32(23(6)20(3)17-29(39)44-28)45-34-33(41-12)31(36(9)10)24(7)25(8)43-34;1-13-29-27(19-42-35(40)36-9)16-20(2)14-15-28(38)22(4)17-23(5)32(24(6)21(3)18-30(39)44-29)45-34-33(41-12)31(37(10)11)25(7)26(8)43-34;1-12-28-26(18-35)15-19(2)13-14-27(36)21(4)16-22(5)31(23(6)20(3)17-29(37)40-28)41-33-32(38-11)30(34(9)10)24(7)25(8)39-33;;/h14,20-26,28,30-34H,13,15-18H2,1-12H3;14-16,21-27,29,31-34H,13,17-19H2,1-12H3,(H,36,40);13-15,20-26,28,30-33,35H,12,16-18H2,1-11H3;;/q;;;+1;-1/b19-14+;15-14+,20-16+;14-13+,19-15+;;/t20-,21-,22+,23+,24?,25?,26-,28-,30?,31?,32+,33?,34?;21-,22-,23+,24+,25?,26?,27-,29-,31?,32+,33?,34?;20-,21-,22+,23+,24?,25?,26-,28-,30?,31+,32?,33?;;/m111../s1. The Kier molecular flexibility index (Phi) is 51.6. The summed E-state index contributed by atoms with van der Waals surface area (Å²) in [5.41, 5.74) is 2.57. The number of esters is 3. The quantitative estimate of drug-likeness (QED) is 0.0557. The molecule has 0 aromatic heterocycles. The first kappa shape index (κ1) is 119. The van der Waals surface area contributed by atoms with E-state index >= 15 is 0 Å². The summed E-state index contributed by atoms with van der Waals surface area (Å²) >= 11 is 0. The zero-order valence-electron chi connectivity index (χ0n) is 88.8. The number of nitrogens with zero attached hydrogens (tertiary/aromatic N) is 4. The number of fused-ring (bicyclic) bond motifs is 1. The van der Waals surface area contributed by atoms with Gasteiger partial charge in [-0.2, -0.15) is 0 Å². The van der Waals surface area contributed by atoms with Gasteiger partial charge in [0.1, 0.15) is 55.6 Å². The van der Waals surface area contributed by atoms with Crippen molar-refractivity contribution < 1.29 is 141 Å². The van der Waals surface area contributed by atoms with Crippen molar-refractivity contribution in [3.63, 3.8) is 0 Å². The maximum atomic E-state index is 13.5. The average molecular weight is 1880 g/mol. The zero-order valence-corrected chi connectivity index (χ0v) is 89.8. The maximum absolute atomic E-state index is 13.5. The van der Waals surface area contributed by atoms with Gasteiger partial charge in [-0.3, -0.25) is 28.8 Å². The molecule has 2 N–H and O–H groups in total. The van der Waals surface area contributed by atoms with E-state index in [-0.39, 0.29) is 297 Å². The van der Waals surface area contributed by atoms with Crippen molar-refractivity contribution in [2.45, 2.75) is 347 Å². The molecule has 7 aliphatic heterocycles. The molecule has 28 nitrogen and oxygen atoms in total. The van der Waals surface area contributed by atoms with Crippen LogP contribution in [-0.2, 0) is 95.1 Å². The molecule has 7 rings (SSSR count). The van der Waals surface area contributed by atoms with E-state index in [4.69, 9.17) is 66.3 Å². The number of amides is 2. The van der Waals surface area contributed by atoms with Gasteiger partial charge in [-0.25, -0.2) is 9.59 Å². The molecule has 754 valence electrons. The molecule has 7 aliphatic rings. The number of hydrogen-bond acceptors (Lipinski definition) is 26. The van der Waals surface area contributed by atoms with Gasteiger partial charge in [0.05, 0.1) is 55.2 Å². The summed E-state index contributed by atoms with van der Waals surface area (Å²) in [6.07, 6.45) is 10.8. The number of alkyl carbamates (subject to hydrolysis) is 1. The van der Waals surface area contributed by atoms with E-state index in [1.165, 1.54) is 7.05 Å². The minimum atomic E-state index is -0.613. The van der Waals surface area contributed by atoms with Crippen molar-refractivity contribution in [1.29, 1.82) is 0 Å². The van der Waals surface area contributed by atoms with Crippen LogP contribution < -0.4 is 34.9 Å². The predicted molar refractivity (Wildman–Crippen MR) is 509 cm³/mol. The number of likely N-dealkylation sites (N-methyl/N-ethyl adjacent to an activating group) is 4. The summed E-state index contributed by atoms with van der Waals surface area (Å²) in [5.74, 6) is -1.96. The first-order valence-corrected chi connectivity index (χ1v) is 49.0. The van der Waals surface area contributed by atoms with Gasteiger partial charge in [-0.05, 0) is 188 Å². The SMILES string of the molecule is CC[C@H]1OC(=O)C[C@@H](C)[C@H](C)[C@@H](OC2OC(C)C(C)C(N(C)C)C2OC)[C@@H](C)C[C@@H](C)C(=O)/C=C/C(C)=C/[C@@H]1CO.CC[C@H]1OC(=O)C[C@@H](C)[C@H](C)[C@@H](OC2OC(C)C(C)C(N(C)C)C2OC)[C@@H](C)C[C@@H](C)C(=O)/C=C/C(C)=C/[C@@H]1COC(=O)NC.CC[C@H]1OC(=O)C[C@@H](C)[C@H](C)[C@@H](OC2OC(C)C(C)C(N(C)C)C2OC)[C@@H](C)C[C@@H](C)C(=O)C/C=C(\C)C2[C@@H]1COC(=O)N2C.[H-].[Na+]. The number of ketones is 3. The molecule has 0 spiro atoms. The zero-order chi connectivity index (χ0) is 98.8. The molecule has 0 aromatic rings. The van der Waals surface area contributed by atoms with Gasteiger partial charge < -0.3 is 97.8 Å². The third kappa shape index (κ3) is 33.4. The van der Waals surface area contributed by atoms with Crippen LogP contribution in [0.4, 0.5) is 9.59 Å². The van der Waals surface area contributed by atoms with Gasteiger partial charge in [0.2, 0.25) is 0 Å². The molecule has 0 saturated carbocycles. The third-order valence-electron chi connectivity index (χ3n) is 30.2. The summed E-state index contributed by atoms with van der Waals surface area (Å²) in [6.45, 7) is 49.0. The topological polar surface area (TPSA) is 311 Å². The Morgan fingerprint density at radius 1 is 0.477 bits per heavy atom. The number of cyclic esters (lactones) is 4. The average Bonchev–Trinajstić information content (AvgIpc) is 0.779. The number of allylic oxidation sites excluding steroid dienone is 7. The minimum Gasteiger partial charge on any atom is -1.00 e. The monoisotopic (exact) mass is 1880 g/mol. The van der Waals surface area contributed by atoms with Crippen molar-refractivity contribution >= 4 is 47.4 Å². The molecule has 7 heterocycles. The molecular formula is C103H178N5NaO23. The Bertz CT molecular complexity index is 3730. The molecule has 0 aliphatic carbocycles. The predicted octanol–water partition coefficient (Wildman–Crippen LogP) is 12.9. The van der Waals surface area contributed by atoms with Gasteiger partial charge in [0.15, 0.2) is 30.4 Å². The molecular weight excluding hydrogens is 1700 g/mol. The summed E-state index contributed by atoms with van der Waals surface area (Å²) in [7, 11) is 20.6. The molecule has 16 unspecified atom stereocenters. The second-order valence-electron chi connectivity index (χ2n) is 40.8. The number of aliphatic hydroxyl groups is 1. The van der Waals surface area contributed by atoms with Crippen molar-refractivity contribution in [2.75, 3.05) is 97.5 Å². The number of methoxy groups -OCH3 is 3. The number of carbonyl (C=O) groups is 8. The summed E-state index contributed by atoms with van der Waals surface area (Å²) in [5, 5.41) is 12.5. The van der Waals surface area contributed by atoms with E-state index in [0.717, 1.165) is 16.7 Å². The van der Waals surface area contributed by atoms with Gasteiger partial charge in [-0.1, -0.05) is 172 Å². The Hall–Kier alpha value is -4.86. The molecule has 29 heteroatoms. The summed E-state index contributed by atoms with van der Waals surface area (Å²) in [6, 6.07) is -0.0451. The summed E-state index contributed by atoms with van der Waals surface area (Å²) in [4.78, 5) is 112. The van der Waals surface area contributed by atoms with Crippen molar-refractivity contribution in [1.82, 2.24) is 24.9 Å². The minimum absolute atomic E-state index is 0. The Morgan fingerprint density at radius 2 is 0.811 bits per heavy atom. The number of Topliss-reactive ketones (excluding diaryl/α,β-unsaturated/α-hetero) is 1. The number of nitrogens with one attached hydrogen (secondary N) is 1. The maximum Gasteiger partial charge on any atom is 1.00 e. The van der Waals surface area contributed by atoms with Crippen LogP contribution in [0.15, 0.2) is 59.3 Å². The van der Waals surface area contributed by atoms with Crippen LogP contribution in [0.1, 0.15) is 232 Å². The molecule has 0 radical (unpaired) electrons. The third-order valence-corrected chi connectivity index (χ3v) is 30.2. The van der Waals surface area contributed by atoms with Crippen molar-refractivity contribution in [2.24, 2.45) is 107 Å². The fourth-order valence-corrected chi connectivity index (χ4v) is 21.1. The fraction of sp³-hybridized carbons (Fsp3) is 0.825. The van der Waals surface area contributed by atoms with E-state index in [1.54, 1.807) is 57.6 Å². The van der Waals surface area contributed by atoms with Gasteiger partial charge in [0, 0.05) is 127 Å². The molecule has 0 bridgehead atoms. The van der Waals surface area contributed by atoms with Crippen molar-refractivity contribution in [3.8, 4) is 0 Å². The van der Waals surface area contributed by atoms with E-state index in [2.05, 4.69) is 138 Å². The van der Waals surface area contributed by atoms with Crippen LogP contribution in [0.3, 0.4) is 0 Å².